The third-order valence-corrected chi connectivity index (χ3v) is 4.95. The number of nitrogens with two attached hydrogens (primary N) is 1. The van der Waals surface area contributed by atoms with E-state index in [9.17, 15) is 0 Å². The highest BCUT2D eigenvalue weighted by atomic mass is 127. The maximum Gasteiger partial charge on any atom is 0.258 e. The first-order chi connectivity index (χ1) is 9.08. The van der Waals surface area contributed by atoms with E-state index in [1.807, 2.05) is 6.07 Å². The van der Waals surface area contributed by atoms with Crippen molar-refractivity contribution >= 4 is 35.0 Å². The first-order valence-corrected chi connectivity index (χ1v) is 7.56. The molecule has 1 aliphatic carbocycles. The first-order valence-electron chi connectivity index (χ1n) is 6.48. The van der Waals surface area contributed by atoms with Gasteiger partial charge in [-0.15, -0.1) is 12.4 Å². The van der Waals surface area contributed by atoms with Crippen LogP contribution in [-0.4, -0.2) is 10.1 Å². The fourth-order valence-corrected chi connectivity index (χ4v) is 3.01. The molecule has 0 aliphatic heterocycles. The Kier molecular flexibility index (Phi) is 4.71. The molecule has 108 valence electrons. The lowest BCUT2D eigenvalue weighted by Crippen LogP contribution is -2.34. The molecule has 0 bridgehead atoms. The van der Waals surface area contributed by atoms with Gasteiger partial charge in [0, 0.05) is 9.13 Å². The molecule has 0 spiro atoms. The van der Waals surface area contributed by atoms with Gasteiger partial charge < -0.3 is 10.3 Å². The molecule has 6 heteroatoms. The summed E-state index contributed by atoms with van der Waals surface area (Å²) in [6.07, 6.45) is 4.17. The average molecular weight is 406 g/mol. The van der Waals surface area contributed by atoms with Crippen molar-refractivity contribution in [2.45, 2.75) is 38.1 Å². The standard InChI is InChI=1S/C14H16IN3O.ClH/c1-9-4-5-10(8-11(9)15)12-17-13(18-19-12)14(16)6-2-3-7-14;/h4-5,8H,2-3,6-7,16H2,1H3;1H. The van der Waals surface area contributed by atoms with Crippen molar-refractivity contribution in [3.8, 4) is 11.5 Å². The van der Waals surface area contributed by atoms with Gasteiger partial charge in [0.15, 0.2) is 5.82 Å². The topological polar surface area (TPSA) is 64.9 Å². The SMILES string of the molecule is Cc1ccc(-c2nc(C3(N)CCCC3)no2)cc1I.Cl. The number of aromatic nitrogens is 2. The average Bonchev–Trinajstić information content (AvgIpc) is 3.02. The lowest BCUT2D eigenvalue weighted by atomic mass is 9.99. The van der Waals surface area contributed by atoms with Crippen LogP contribution >= 0.6 is 35.0 Å². The van der Waals surface area contributed by atoms with Gasteiger partial charge in [0.05, 0.1) is 5.54 Å². The molecule has 1 saturated carbocycles. The van der Waals surface area contributed by atoms with Gasteiger partial charge >= 0.3 is 0 Å². The fourth-order valence-electron chi connectivity index (χ4n) is 2.50. The molecule has 0 radical (unpaired) electrons. The third kappa shape index (κ3) is 2.84. The molecular formula is C14H17ClIN3O. The highest BCUT2D eigenvalue weighted by Gasteiger charge is 2.36. The van der Waals surface area contributed by atoms with Gasteiger partial charge in [-0.2, -0.15) is 4.98 Å². The molecule has 0 atom stereocenters. The summed E-state index contributed by atoms with van der Waals surface area (Å²) >= 11 is 2.31. The Bertz CT molecular complexity index is 608. The number of benzene rings is 1. The van der Waals surface area contributed by atoms with Gasteiger partial charge in [0.1, 0.15) is 0 Å². The monoisotopic (exact) mass is 405 g/mol. The normalized spacial score (nSPS) is 16.9. The van der Waals surface area contributed by atoms with Crippen LogP contribution in [0.1, 0.15) is 37.1 Å². The van der Waals surface area contributed by atoms with Crippen LogP contribution in [0.15, 0.2) is 22.7 Å². The zero-order valence-electron chi connectivity index (χ0n) is 11.2. The second kappa shape index (κ2) is 5.99. The molecule has 4 nitrogen and oxygen atoms in total. The van der Waals surface area contributed by atoms with Gasteiger partial charge in [-0.05, 0) is 60.1 Å². The smallest absolute Gasteiger partial charge is 0.258 e. The number of rotatable bonds is 2. The van der Waals surface area contributed by atoms with Crippen molar-refractivity contribution < 1.29 is 4.52 Å². The molecule has 1 aromatic carbocycles. The van der Waals surface area contributed by atoms with E-state index in [0.717, 1.165) is 31.2 Å². The van der Waals surface area contributed by atoms with Crippen LogP contribution in [0.5, 0.6) is 0 Å². The molecule has 3 rings (SSSR count). The maximum atomic E-state index is 6.34. The van der Waals surface area contributed by atoms with Crippen molar-refractivity contribution in [3.05, 3.63) is 33.2 Å². The summed E-state index contributed by atoms with van der Waals surface area (Å²) in [6.45, 7) is 2.08. The van der Waals surface area contributed by atoms with Crippen LogP contribution in [0.25, 0.3) is 11.5 Å². The van der Waals surface area contributed by atoms with Crippen molar-refractivity contribution in [1.29, 1.82) is 0 Å². The number of hydrogen-bond acceptors (Lipinski definition) is 4. The van der Waals surface area contributed by atoms with E-state index in [0.29, 0.717) is 11.7 Å². The van der Waals surface area contributed by atoms with Gasteiger partial charge in [0.25, 0.3) is 5.89 Å². The predicted octanol–water partition coefficient (Wildman–Crippen LogP) is 3.80. The summed E-state index contributed by atoms with van der Waals surface area (Å²) in [6, 6.07) is 6.13. The van der Waals surface area contributed by atoms with Gasteiger partial charge in [0.2, 0.25) is 0 Å². The quantitative estimate of drug-likeness (QED) is 0.772. The molecule has 0 saturated heterocycles. The summed E-state index contributed by atoms with van der Waals surface area (Å²) in [5.74, 6) is 1.21. The Balaban J connectivity index is 0.00000147. The molecule has 1 aliphatic rings. The minimum absolute atomic E-state index is 0. The highest BCUT2D eigenvalue weighted by molar-refractivity contribution is 14.1. The largest absolute Gasteiger partial charge is 0.334 e. The number of halogens is 2. The molecule has 1 fully saturated rings. The Hall–Kier alpha value is -0.660. The Morgan fingerprint density at radius 1 is 1.30 bits per heavy atom. The van der Waals surface area contributed by atoms with Gasteiger partial charge in [-0.25, -0.2) is 0 Å². The first kappa shape index (κ1) is 15.7. The van der Waals surface area contributed by atoms with E-state index in [1.165, 1.54) is 9.13 Å². The molecule has 20 heavy (non-hydrogen) atoms. The van der Waals surface area contributed by atoms with Crippen molar-refractivity contribution in [2.75, 3.05) is 0 Å². The zero-order chi connectivity index (χ0) is 13.5. The van der Waals surface area contributed by atoms with Crippen LogP contribution in [0.3, 0.4) is 0 Å². The maximum absolute atomic E-state index is 6.34. The Labute approximate surface area is 138 Å². The van der Waals surface area contributed by atoms with E-state index < -0.39 is 0 Å². The summed E-state index contributed by atoms with van der Waals surface area (Å²) < 4.78 is 6.57. The van der Waals surface area contributed by atoms with E-state index in [4.69, 9.17) is 10.3 Å². The van der Waals surface area contributed by atoms with E-state index >= 15 is 0 Å². The van der Waals surface area contributed by atoms with Crippen LogP contribution < -0.4 is 5.73 Å². The number of aryl methyl sites for hydroxylation is 1. The lowest BCUT2D eigenvalue weighted by molar-refractivity contribution is 0.372. The van der Waals surface area contributed by atoms with Crippen molar-refractivity contribution in [3.63, 3.8) is 0 Å². The second-order valence-corrected chi connectivity index (χ2v) is 6.41. The van der Waals surface area contributed by atoms with E-state index in [-0.39, 0.29) is 17.9 Å². The lowest BCUT2D eigenvalue weighted by Gasteiger charge is -2.17. The van der Waals surface area contributed by atoms with Crippen LogP contribution in [0.4, 0.5) is 0 Å². The minimum atomic E-state index is -0.389. The molecule has 2 aromatic rings. The third-order valence-electron chi connectivity index (χ3n) is 3.79. The number of nitrogens with zero attached hydrogens (tertiary/aromatic N) is 2. The van der Waals surface area contributed by atoms with E-state index in [1.54, 1.807) is 0 Å². The highest BCUT2D eigenvalue weighted by Crippen LogP contribution is 2.35. The Morgan fingerprint density at radius 3 is 2.65 bits per heavy atom. The van der Waals surface area contributed by atoms with E-state index in [2.05, 4.69) is 51.8 Å². The van der Waals surface area contributed by atoms with Crippen molar-refractivity contribution in [2.24, 2.45) is 5.73 Å². The molecule has 1 heterocycles. The summed E-state index contributed by atoms with van der Waals surface area (Å²) in [5, 5.41) is 4.08. The zero-order valence-corrected chi connectivity index (χ0v) is 14.2. The van der Waals surface area contributed by atoms with Crippen LogP contribution in [0.2, 0.25) is 0 Å². The molecule has 0 amide bonds. The number of hydrogen-bond donors (Lipinski definition) is 1. The molecular weight excluding hydrogens is 389 g/mol. The molecule has 1 aromatic heterocycles. The van der Waals surface area contributed by atoms with Crippen molar-refractivity contribution in [1.82, 2.24) is 10.1 Å². The van der Waals surface area contributed by atoms with Crippen LogP contribution in [0, 0.1) is 10.5 Å². The Morgan fingerprint density at radius 2 is 2.00 bits per heavy atom. The predicted molar refractivity (Wildman–Crippen MR) is 88.8 cm³/mol. The minimum Gasteiger partial charge on any atom is -0.334 e. The molecule has 2 N–H and O–H groups in total. The second-order valence-electron chi connectivity index (χ2n) is 5.25. The molecule has 0 unspecified atom stereocenters. The summed E-state index contributed by atoms with van der Waals surface area (Å²) in [4.78, 5) is 4.50. The van der Waals surface area contributed by atoms with Crippen LogP contribution in [-0.2, 0) is 5.54 Å². The fraction of sp³-hybridized carbons (Fsp3) is 0.429. The summed E-state index contributed by atoms with van der Waals surface area (Å²) in [7, 11) is 0. The van der Waals surface area contributed by atoms with Gasteiger partial charge in [-0.3, -0.25) is 0 Å². The summed E-state index contributed by atoms with van der Waals surface area (Å²) in [5.41, 5.74) is 8.15. The van der Waals surface area contributed by atoms with Gasteiger partial charge in [-0.1, -0.05) is 24.1 Å².